The summed E-state index contributed by atoms with van der Waals surface area (Å²) in [7, 11) is -3.24. The average Bonchev–Trinajstić information content (AvgIpc) is 2.85. The van der Waals surface area contributed by atoms with Crippen LogP contribution in [0.2, 0.25) is 0 Å². The number of aliphatic hydroxyl groups excluding tert-OH is 1. The number of nitrogens with zero attached hydrogens (tertiary/aromatic N) is 1. The van der Waals surface area contributed by atoms with Crippen LogP contribution in [0.4, 0.5) is 0 Å². The molecule has 1 atom stereocenters. The first-order chi connectivity index (χ1) is 8.93. The molecule has 1 fully saturated rings. The van der Waals surface area contributed by atoms with Crippen LogP contribution < -0.4 is 0 Å². The average molecular weight is 283 g/mol. The first kappa shape index (κ1) is 14.0. The summed E-state index contributed by atoms with van der Waals surface area (Å²) >= 11 is 0. The maximum Gasteiger partial charge on any atom is 0.254 e. The SMILES string of the molecule is CS(=O)(=O)c1ccc(C(=O)N2CCC[C@@H]2CO)cc1. The van der Waals surface area contributed by atoms with Crippen molar-refractivity contribution in [1.82, 2.24) is 4.90 Å². The lowest BCUT2D eigenvalue weighted by molar-refractivity contribution is 0.0677. The monoisotopic (exact) mass is 283 g/mol. The number of hydrogen-bond acceptors (Lipinski definition) is 4. The molecule has 1 heterocycles. The van der Waals surface area contributed by atoms with Gasteiger partial charge in [0, 0.05) is 18.4 Å². The van der Waals surface area contributed by atoms with Gasteiger partial charge in [0.1, 0.15) is 0 Å². The Morgan fingerprint density at radius 2 is 2.00 bits per heavy atom. The van der Waals surface area contributed by atoms with E-state index in [-0.39, 0.29) is 23.5 Å². The zero-order valence-corrected chi connectivity index (χ0v) is 11.6. The summed E-state index contributed by atoms with van der Waals surface area (Å²) in [4.78, 5) is 14.1. The number of carbonyl (C=O) groups excluding carboxylic acids is 1. The van der Waals surface area contributed by atoms with E-state index in [2.05, 4.69) is 0 Å². The third-order valence-corrected chi connectivity index (χ3v) is 4.51. The van der Waals surface area contributed by atoms with Crippen molar-refractivity contribution in [2.75, 3.05) is 19.4 Å². The largest absolute Gasteiger partial charge is 0.394 e. The first-order valence-corrected chi connectivity index (χ1v) is 8.04. The van der Waals surface area contributed by atoms with Gasteiger partial charge in [0.2, 0.25) is 0 Å². The molecule has 2 rings (SSSR count). The fourth-order valence-electron chi connectivity index (χ4n) is 2.30. The molecule has 1 aromatic rings. The van der Waals surface area contributed by atoms with Crippen molar-refractivity contribution in [2.45, 2.75) is 23.8 Å². The van der Waals surface area contributed by atoms with E-state index >= 15 is 0 Å². The van der Waals surface area contributed by atoms with E-state index in [4.69, 9.17) is 0 Å². The van der Waals surface area contributed by atoms with Crippen LogP contribution in [0, 0.1) is 0 Å². The van der Waals surface area contributed by atoms with Gasteiger partial charge in [-0.1, -0.05) is 0 Å². The fraction of sp³-hybridized carbons (Fsp3) is 0.462. The minimum absolute atomic E-state index is 0.0346. The van der Waals surface area contributed by atoms with Gasteiger partial charge in [-0.25, -0.2) is 8.42 Å². The standard InChI is InChI=1S/C13H17NO4S/c1-19(17,18)12-6-4-10(5-7-12)13(16)14-8-2-3-11(14)9-15/h4-7,11,15H,2-3,8-9H2,1H3/t11-/m1/s1. The van der Waals surface area contributed by atoms with E-state index in [1.54, 1.807) is 4.90 Å². The second-order valence-electron chi connectivity index (χ2n) is 4.77. The van der Waals surface area contributed by atoms with Gasteiger partial charge in [-0.05, 0) is 37.1 Å². The minimum atomic E-state index is -3.24. The molecule has 0 saturated carbocycles. The third-order valence-electron chi connectivity index (χ3n) is 3.38. The Hall–Kier alpha value is -1.40. The lowest BCUT2D eigenvalue weighted by Gasteiger charge is -2.23. The molecule has 1 aliphatic heterocycles. The molecule has 0 aromatic heterocycles. The molecule has 0 spiro atoms. The third kappa shape index (κ3) is 2.96. The van der Waals surface area contributed by atoms with Gasteiger partial charge in [-0.2, -0.15) is 0 Å². The minimum Gasteiger partial charge on any atom is -0.394 e. The quantitative estimate of drug-likeness (QED) is 0.885. The Kier molecular flexibility index (Phi) is 3.91. The van der Waals surface area contributed by atoms with Crippen molar-refractivity contribution in [3.05, 3.63) is 29.8 Å². The Balaban J connectivity index is 2.21. The second-order valence-corrected chi connectivity index (χ2v) is 6.79. The van der Waals surface area contributed by atoms with Crippen molar-refractivity contribution in [2.24, 2.45) is 0 Å². The predicted molar refractivity (Wildman–Crippen MR) is 70.7 cm³/mol. The second kappa shape index (κ2) is 5.30. The van der Waals surface area contributed by atoms with Gasteiger partial charge in [0.05, 0.1) is 17.5 Å². The summed E-state index contributed by atoms with van der Waals surface area (Å²) in [5, 5.41) is 9.21. The summed E-state index contributed by atoms with van der Waals surface area (Å²) in [6, 6.07) is 5.79. The zero-order valence-electron chi connectivity index (χ0n) is 10.7. The van der Waals surface area contributed by atoms with Crippen molar-refractivity contribution >= 4 is 15.7 Å². The summed E-state index contributed by atoms with van der Waals surface area (Å²) in [6.45, 7) is 0.602. The molecule has 1 amide bonds. The molecule has 0 bridgehead atoms. The van der Waals surface area contributed by atoms with Crippen LogP contribution in [-0.2, 0) is 9.84 Å². The summed E-state index contributed by atoms with van der Waals surface area (Å²) in [5.74, 6) is -0.156. The molecule has 0 radical (unpaired) electrons. The first-order valence-electron chi connectivity index (χ1n) is 6.15. The molecule has 5 nitrogen and oxygen atoms in total. The van der Waals surface area contributed by atoms with Gasteiger partial charge in [-0.15, -0.1) is 0 Å². The molecular weight excluding hydrogens is 266 g/mol. The van der Waals surface area contributed by atoms with Crippen LogP contribution in [0.1, 0.15) is 23.2 Å². The van der Waals surface area contributed by atoms with Crippen LogP contribution in [-0.4, -0.2) is 49.8 Å². The Bertz CT molecular complexity index is 565. The van der Waals surface area contributed by atoms with Gasteiger partial charge >= 0.3 is 0 Å². The molecule has 1 N–H and O–H groups in total. The highest BCUT2D eigenvalue weighted by molar-refractivity contribution is 7.90. The van der Waals surface area contributed by atoms with Gasteiger partial charge < -0.3 is 10.0 Å². The van der Waals surface area contributed by atoms with E-state index < -0.39 is 9.84 Å². The van der Waals surface area contributed by atoms with E-state index in [0.717, 1.165) is 19.1 Å². The van der Waals surface area contributed by atoms with Crippen LogP contribution >= 0.6 is 0 Å². The molecule has 0 aliphatic carbocycles. The van der Waals surface area contributed by atoms with Gasteiger partial charge in [0.15, 0.2) is 9.84 Å². The van der Waals surface area contributed by atoms with Crippen LogP contribution in [0.15, 0.2) is 29.2 Å². The molecule has 0 unspecified atom stereocenters. The highest BCUT2D eigenvalue weighted by atomic mass is 32.2. The molecule has 19 heavy (non-hydrogen) atoms. The highest BCUT2D eigenvalue weighted by Crippen LogP contribution is 2.20. The number of carbonyl (C=O) groups is 1. The number of sulfone groups is 1. The molecule has 104 valence electrons. The van der Waals surface area contributed by atoms with E-state index in [0.29, 0.717) is 12.1 Å². The molecule has 6 heteroatoms. The normalized spacial score (nSPS) is 19.7. The fourth-order valence-corrected chi connectivity index (χ4v) is 2.93. The Morgan fingerprint density at radius 1 is 1.37 bits per heavy atom. The lowest BCUT2D eigenvalue weighted by Crippen LogP contribution is -2.37. The number of benzene rings is 1. The number of aliphatic hydroxyl groups is 1. The van der Waals surface area contributed by atoms with E-state index in [9.17, 15) is 18.3 Å². The van der Waals surface area contributed by atoms with Crippen molar-refractivity contribution < 1.29 is 18.3 Å². The number of hydrogen-bond donors (Lipinski definition) is 1. The molecule has 1 aromatic carbocycles. The zero-order chi connectivity index (χ0) is 14.0. The number of rotatable bonds is 3. The number of amides is 1. The van der Waals surface area contributed by atoms with Crippen LogP contribution in [0.3, 0.4) is 0 Å². The summed E-state index contributed by atoms with van der Waals surface area (Å²) in [5.41, 5.74) is 0.452. The smallest absolute Gasteiger partial charge is 0.254 e. The predicted octanol–water partition coefficient (Wildman–Crippen LogP) is 0.687. The van der Waals surface area contributed by atoms with Gasteiger partial charge in [0.25, 0.3) is 5.91 Å². The Morgan fingerprint density at radius 3 is 2.53 bits per heavy atom. The topological polar surface area (TPSA) is 74.7 Å². The number of likely N-dealkylation sites (tertiary alicyclic amines) is 1. The van der Waals surface area contributed by atoms with E-state index in [1.165, 1.54) is 24.3 Å². The maximum absolute atomic E-state index is 12.2. The summed E-state index contributed by atoms with van der Waals surface area (Å²) in [6.07, 6.45) is 2.83. The Labute approximate surface area is 112 Å². The van der Waals surface area contributed by atoms with Crippen molar-refractivity contribution in [3.63, 3.8) is 0 Å². The van der Waals surface area contributed by atoms with Gasteiger partial charge in [-0.3, -0.25) is 4.79 Å². The molecular formula is C13H17NO4S. The summed E-state index contributed by atoms with van der Waals surface area (Å²) < 4.78 is 22.7. The van der Waals surface area contributed by atoms with E-state index in [1.807, 2.05) is 0 Å². The van der Waals surface area contributed by atoms with Crippen molar-refractivity contribution in [3.8, 4) is 0 Å². The van der Waals surface area contributed by atoms with Crippen molar-refractivity contribution in [1.29, 1.82) is 0 Å². The highest BCUT2D eigenvalue weighted by Gasteiger charge is 2.28. The molecule has 1 saturated heterocycles. The maximum atomic E-state index is 12.2. The molecule has 1 aliphatic rings. The van der Waals surface area contributed by atoms with Crippen LogP contribution in [0.25, 0.3) is 0 Å². The lowest BCUT2D eigenvalue weighted by atomic mass is 10.2. The van der Waals surface area contributed by atoms with Crippen LogP contribution in [0.5, 0.6) is 0 Å².